The van der Waals surface area contributed by atoms with Crippen LogP contribution in [-0.4, -0.2) is 4.98 Å². The quantitative estimate of drug-likeness (QED) is 0.533. The lowest BCUT2D eigenvalue weighted by Gasteiger charge is -2.04. The van der Waals surface area contributed by atoms with Crippen molar-refractivity contribution in [3.8, 4) is 11.8 Å². The summed E-state index contributed by atoms with van der Waals surface area (Å²) in [6.07, 6.45) is 3.60. The average Bonchev–Trinajstić information content (AvgIpc) is 2.62. The van der Waals surface area contributed by atoms with E-state index in [0.717, 1.165) is 22.6 Å². The van der Waals surface area contributed by atoms with Crippen molar-refractivity contribution in [2.75, 3.05) is 0 Å². The highest BCUT2D eigenvalue weighted by molar-refractivity contribution is 7.97. The van der Waals surface area contributed by atoms with Crippen LogP contribution < -0.4 is 4.72 Å². The molecule has 0 amide bonds. The molecule has 0 bridgehead atoms. The summed E-state index contributed by atoms with van der Waals surface area (Å²) < 4.78 is 3.34. The first-order valence-corrected chi connectivity index (χ1v) is 8.65. The van der Waals surface area contributed by atoms with Crippen molar-refractivity contribution in [1.29, 1.82) is 0 Å². The van der Waals surface area contributed by atoms with Crippen LogP contribution in [0.1, 0.15) is 16.7 Å². The average molecular weight is 351 g/mol. The third-order valence-electron chi connectivity index (χ3n) is 3.25. The van der Waals surface area contributed by atoms with E-state index >= 15 is 0 Å². The fourth-order valence-corrected chi connectivity index (χ4v) is 2.89. The first-order valence-electron chi connectivity index (χ1n) is 7.46. The van der Waals surface area contributed by atoms with Crippen LogP contribution in [0, 0.1) is 11.8 Å². The van der Waals surface area contributed by atoms with E-state index in [0.29, 0.717) is 5.02 Å². The van der Waals surface area contributed by atoms with E-state index in [-0.39, 0.29) is 0 Å². The van der Waals surface area contributed by atoms with Gasteiger partial charge < -0.3 is 0 Å². The molecule has 118 valence electrons. The first-order chi connectivity index (χ1) is 11.8. The van der Waals surface area contributed by atoms with Gasteiger partial charge in [-0.3, -0.25) is 9.71 Å². The second-order valence-electron chi connectivity index (χ2n) is 5.06. The van der Waals surface area contributed by atoms with Crippen molar-refractivity contribution in [2.24, 2.45) is 0 Å². The van der Waals surface area contributed by atoms with E-state index in [1.54, 1.807) is 24.3 Å². The second-order valence-corrected chi connectivity index (χ2v) is 6.46. The predicted molar refractivity (Wildman–Crippen MR) is 101 cm³/mol. The van der Waals surface area contributed by atoms with Crippen LogP contribution in [0.4, 0.5) is 0 Å². The lowest BCUT2D eigenvalue weighted by atomic mass is 10.2. The highest BCUT2D eigenvalue weighted by atomic mass is 35.5. The van der Waals surface area contributed by atoms with Gasteiger partial charge in [-0.05, 0) is 72.1 Å². The third kappa shape index (κ3) is 5.14. The molecule has 0 aliphatic heterocycles. The maximum absolute atomic E-state index is 5.96. The zero-order valence-electron chi connectivity index (χ0n) is 12.9. The molecule has 0 fully saturated rings. The maximum atomic E-state index is 5.96. The summed E-state index contributed by atoms with van der Waals surface area (Å²) in [6, 6.07) is 19.7. The Kier molecular flexibility index (Phi) is 5.92. The number of hydrogen-bond donors (Lipinski definition) is 1. The Morgan fingerprint density at radius 1 is 0.917 bits per heavy atom. The molecule has 0 saturated carbocycles. The number of benzene rings is 2. The van der Waals surface area contributed by atoms with E-state index in [2.05, 4.69) is 33.7 Å². The highest BCUT2D eigenvalue weighted by Crippen LogP contribution is 2.16. The van der Waals surface area contributed by atoms with Gasteiger partial charge in [0.1, 0.15) is 0 Å². The molecule has 1 N–H and O–H groups in total. The van der Waals surface area contributed by atoms with E-state index < -0.39 is 0 Å². The van der Waals surface area contributed by atoms with Crippen LogP contribution in [0.3, 0.4) is 0 Å². The maximum Gasteiger partial charge on any atom is 0.0418 e. The van der Waals surface area contributed by atoms with Crippen molar-refractivity contribution in [2.45, 2.75) is 11.4 Å². The minimum Gasteiger partial charge on any atom is -0.265 e. The minimum atomic E-state index is 0.703. The van der Waals surface area contributed by atoms with Gasteiger partial charge in [-0.25, -0.2) is 0 Å². The van der Waals surface area contributed by atoms with E-state index in [4.69, 9.17) is 11.6 Å². The Bertz CT molecular complexity index is 852. The zero-order valence-corrected chi connectivity index (χ0v) is 14.4. The molecule has 4 heteroatoms. The lowest BCUT2D eigenvalue weighted by molar-refractivity contribution is 0.969. The largest absolute Gasteiger partial charge is 0.265 e. The zero-order chi connectivity index (χ0) is 16.6. The van der Waals surface area contributed by atoms with Crippen LogP contribution in [0.2, 0.25) is 5.02 Å². The number of hydrogen-bond acceptors (Lipinski definition) is 3. The molecular weight excluding hydrogens is 336 g/mol. The van der Waals surface area contributed by atoms with Gasteiger partial charge in [0.2, 0.25) is 0 Å². The molecule has 1 aromatic heterocycles. The van der Waals surface area contributed by atoms with Crippen LogP contribution in [0.5, 0.6) is 0 Å². The van der Waals surface area contributed by atoms with Gasteiger partial charge in [0, 0.05) is 40.0 Å². The van der Waals surface area contributed by atoms with Crippen molar-refractivity contribution in [3.05, 3.63) is 94.8 Å². The Balaban J connectivity index is 1.56. The normalized spacial score (nSPS) is 10.0. The van der Waals surface area contributed by atoms with Crippen LogP contribution >= 0.6 is 23.5 Å². The number of rotatable bonds is 4. The molecule has 0 saturated heterocycles. The first kappa shape index (κ1) is 16.6. The summed E-state index contributed by atoms with van der Waals surface area (Å²) in [5.74, 6) is 6.28. The summed E-state index contributed by atoms with van der Waals surface area (Å²) in [5, 5.41) is 0.703. The molecule has 1 heterocycles. The Morgan fingerprint density at radius 2 is 1.67 bits per heavy atom. The highest BCUT2D eigenvalue weighted by Gasteiger charge is 1.96. The van der Waals surface area contributed by atoms with Crippen LogP contribution in [0.25, 0.3) is 0 Å². The number of nitrogens with zero attached hydrogens (tertiary/aromatic N) is 1. The smallest absolute Gasteiger partial charge is 0.0418 e. The third-order valence-corrected chi connectivity index (χ3v) is 4.28. The van der Waals surface area contributed by atoms with Crippen LogP contribution in [-0.2, 0) is 6.54 Å². The Hall–Kier alpha value is -2.25. The summed E-state index contributed by atoms with van der Waals surface area (Å²) >= 11 is 7.56. The second kappa shape index (κ2) is 8.56. The molecule has 24 heavy (non-hydrogen) atoms. The van der Waals surface area contributed by atoms with Gasteiger partial charge in [0.05, 0.1) is 0 Å². The number of nitrogens with one attached hydrogen (secondary N) is 1. The van der Waals surface area contributed by atoms with Gasteiger partial charge in [-0.15, -0.1) is 0 Å². The van der Waals surface area contributed by atoms with Crippen molar-refractivity contribution in [1.82, 2.24) is 9.71 Å². The fraction of sp³-hybridized carbons (Fsp3) is 0.0500. The van der Waals surface area contributed by atoms with E-state index in [1.165, 1.54) is 5.56 Å². The predicted octanol–water partition coefficient (Wildman–Crippen LogP) is 4.93. The topological polar surface area (TPSA) is 24.9 Å². The van der Waals surface area contributed by atoms with Gasteiger partial charge in [-0.2, -0.15) is 0 Å². The lowest BCUT2D eigenvalue weighted by Crippen LogP contribution is -2.02. The van der Waals surface area contributed by atoms with Crippen molar-refractivity contribution < 1.29 is 0 Å². The standard InChI is InChI=1S/C20H15ClN2S/c21-19-3-1-2-17(14-19)5-4-16-6-8-20(9-7-16)24-23-15-18-10-12-22-13-11-18/h1-3,6-14,23H,15H2. The molecule has 2 nitrogen and oxygen atoms in total. The summed E-state index contributed by atoms with van der Waals surface area (Å²) in [4.78, 5) is 5.16. The van der Waals surface area contributed by atoms with Gasteiger partial charge in [-0.1, -0.05) is 29.5 Å². The molecule has 0 aliphatic carbocycles. The van der Waals surface area contributed by atoms with E-state index in [1.807, 2.05) is 48.5 Å². The van der Waals surface area contributed by atoms with Crippen LogP contribution in [0.15, 0.2) is 78.0 Å². The number of aromatic nitrogens is 1. The minimum absolute atomic E-state index is 0.703. The molecule has 0 radical (unpaired) electrons. The Morgan fingerprint density at radius 3 is 2.42 bits per heavy atom. The molecule has 0 aliphatic rings. The number of pyridine rings is 1. The van der Waals surface area contributed by atoms with Crippen molar-refractivity contribution >= 4 is 23.5 Å². The molecule has 3 rings (SSSR count). The monoisotopic (exact) mass is 350 g/mol. The summed E-state index contributed by atoms with van der Waals surface area (Å²) in [7, 11) is 0. The van der Waals surface area contributed by atoms with Gasteiger partial charge in [0.25, 0.3) is 0 Å². The molecule has 2 aromatic carbocycles. The fourth-order valence-electron chi connectivity index (χ4n) is 2.02. The number of halogens is 1. The van der Waals surface area contributed by atoms with Gasteiger partial charge in [0.15, 0.2) is 0 Å². The van der Waals surface area contributed by atoms with E-state index in [9.17, 15) is 0 Å². The molecule has 0 atom stereocenters. The van der Waals surface area contributed by atoms with Gasteiger partial charge >= 0.3 is 0 Å². The summed E-state index contributed by atoms with van der Waals surface area (Å²) in [6.45, 7) is 0.795. The summed E-state index contributed by atoms with van der Waals surface area (Å²) in [5.41, 5.74) is 3.11. The van der Waals surface area contributed by atoms with Crippen molar-refractivity contribution in [3.63, 3.8) is 0 Å². The SMILES string of the molecule is Clc1cccc(C#Cc2ccc(SNCc3ccncc3)cc2)c1. The Labute approximate surface area is 151 Å². The molecule has 3 aromatic rings. The molecule has 0 spiro atoms. The molecule has 0 unspecified atom stereocenters. The molecular formula is C20H15ClN2S.